The van der Waals surface area contributed by atoms with E-state index in [2.05, 4.69) is 0 Å². The normalized spacial score (nSPS) is 45.9. The molecule has 11 heteroatoms. The van der Waals surface area contributed by atoms with Crippen molar-refractivity contribution in [3.8, 4) is 0 Å². The molecule has 11 nitrogen and oxygen atoms in total. The van der Waals surface area contributed by atoms with Gasteiger partial charge < -0.3 is 33.9 Å². The number of esters is 4. The molecule has 2 aliphatic carbocycles. The van der Waals surface area contributed by atoms with Crippen molar-refractivity contribution in [2.75, 3.05) is 0 Å². The lowest BCUT2D eigenvalue weighted by Gasteiger charge is -2.54. The smallest absolute Gasteiger partial charge is 0.342 e. The molecule has 2 saturated heterocycles. The quantitative estimate of drug-likeness (QED) is 0.222. The average molecular weight is 551 g/mol. The van der Waals surface area contributed by atoms with Gasteiger partial charge in [-0.05, 0) is 38.8 Å². The van der Waals surface area contributed by atoms with Crippen LogP contribution in [0.15, 0.2) is 23.8 Å². The van der Waals surface area contributed by atoms with Crippen LogP contribution in [-0.2, 0) is 42.9 Å². The predicted molar refractivity (Wildman–Crippen MR) is 134 cm³/mol. The summed E-state index contributed by atoms with van der Waals surface area (Å²) in [6.07, 6.45) is -0.393. The summed E-state index contributed by atoms with van der Waals surface area (Å²) < 4.78 is 29.3. The van der Waals surface area contributed by atoms with Gasteiger partial charge in [-0.2, -0.15) is 0 Å². The molecule has 2 N–H and O–H groups in total. The number of ether oxygens (including phenoxy) is 5. The molecule has 0 aromatic rings. The predicted octanol–water partition coefficient (Wildman–Crippen LogP) is 1.67. The van der Waals surface area contributed by atoms with Crippen molar-refractivity contribution >= 4 is 23.9 Å². The van der Waals surface area contributed by atoms with Gasteiger partial charge in [-0.25, -0.2) is 4.79 Å². The molecule has 4 aliphatic rings. The number of hydrogen-bond acceptors (Lipinski definition) is 11. The van der Waals surface area contributed by atoms with Gasteiger partial charge in [-0.3, -0.25) is 14.4 Å². The third-order valence-electron chi connectivity index (χ3n) is 8.76. The van der Waals surface area contributed by atoms with E-state index in [1.165, 1.54) is 33.8 Å². The number of carbonyl (C=O) groups excluding carboxylic acids is 4. The Hall–Kier alpha value is -2.76. The zero-order valence-electron chi connectivity index (χ0n) is 23.4. The summed E-state index contributed by atoms with van der Waals surface area (Å²) in [5, 5.41) is 22.8. The number of hydrogen-bond donors (Lipinski definition) is 2. The molecule has 0 aromatic heterocycles. The summed E-state index contributed by atoms with van der Waals surface area (Å²) >= 11 is 0. The number of fused-ring (bicyclic) bond motifs is 1. The Kier molecular flexibility index (Phi) is 7.27. The number of rotatable bonds is 5. The SMILES string of the molecule is CCCC(=O)O[C@@H]1C[C@H](OC(C)=O)[C@@]2(C)C=C[C@@H](O)[C@](C)(O)[C@H]2[C@H](OC(C)=O)[C@]23O[C@@]2(C)C(=O)O[C@H]3/C=C/1C. The Morgan fingerprint density at radius 2 is 1.74 bits per heavy atom. The molecule has 0 bridgehead atoms. The van der Waals surface area contributed by atoms with Gasteiger partial charge in [0.2, 0.25) is 0 Å². The van der Waals surface area contributed by atoms with Gasteiger partial charge in [0.15, 0.2) is 17.3 Å². The zero-order chi connectivity index (χ0) is 29.1. The topological polar surface area (TPSA) is 158 Å². The molecule has 0 aromatic carbocycles. The Balaban J connectivity index is 2.00. The van der Waals surface area contributed by atoms with E-state index < -0.39 is 82.5 Å². The summed E-state index contributed by atoms with van der Waals surface area (Å²) in [6, 6.07) is 0. The Morgan fingerprint density at radius 1 is 1.10 bits per heavy atom. The van der Waals surface area contributed by atoms with Gasteiger partial charge in [0.25, 0.3) is 0 Å². The van der Waals surface area contributed by atoms with Crippen LogP contribution in [0.1, 0.15) is 67.7 Å². The molecule has 2 fully saturated rings. The second kappa shape index (κ2) is 9.71. The van der Waals surface area contributed by atoms with Crippen LogP contribution < -0.4 is 0 Å². The molecular weight excluding hydrogens is 512 g/mol. The molecule has 0 unspecified atom stereocenters. The van der Waals surface area contributed by atoms with Gasteiger partial charge in [-0.1, -0.05) is 26.0 Å². The lowest BCUT2D eigenvalue weighted by Crippen LogP contribution is -2.67. The Morgan fingerprint density at radius 3 is 2.31 bits per heavy atom. The first-order chi connectivity index (χ1) is 18.0. The molecule has 0 saturated carbocycles. The van der Waals surface area contributed by atoms with E-state index in [1.807, 2.05) is 6.92 Å². The highest BCUT2D eigenvalue weighted by Gasteiger charge is 2.87. The summed E-state index contributed by atoms with van der Waals surface area (Å²) in [7, 11) is 0. The van der Waals surface area contributed by atoms with Crippen molar-refractivity contribution in [2.24, 2.45) is 11.3 Å². The highest BCUT2D eigenvalue weighted by atomic mass is 16.7. The lowest BCUT2D eigenvalue weighted by molar-refractivity contribution is -0.215. The van der Waals surface area contributed by atoms with Gasteiger partial charge in [0.1, 0.15) is 24.4 Å². The Labute approximate surface area is 227 Å². The number of aliphatic hydroxyl groups is 2. The lowest BCUT2D eigenvalue weighted by atomic mass is 9.55. The van der Waals surface area contributed by atoms with Crippen molar-refractivity contribution < 1.29 is 53.1 Å². The molecule has 10 atom stereocenters. The van der Waals surface area contributed by atoms with E-state index in [4.69, 9.17) is 23.7 Å². The molecule has 39 heavy (non-hydrogen) atoms. The van der Waals surface area contributed by atoms with Crippen molar-refractivity contribution in [3.63, 3.8) is 0 Å². The highest BCUT2D eigenvalue weighted by Crippen LogP contribution is 2.65. The monoisotopic (exact) mass is 550 g/mol. The third-order valence-corrected chi connectivity index (χ3v) is 8.76. The van der Waals surface area contributed by atoms with E-state index in [1.54, 1.807) is 26.0 Å². The highest BCUT2D eigenvalue weighted by molar-refractivity contribution is 5.89. The second-order valence-corrected chi connectivity index (χ2v) is 11.6. The maximum absolute atomic E-state index is 13.1. The van der Waals surface area contributed by atoms with Crippen LogP contribution >= 0.6 is 0 Å². The van der Waals surface area contributed by atoms with Crippen LogP contribution in [0.4, 0.5) is 0 Å². The van der Waals surface area contributed by atoms with Crippen molar-refractivity contribution in [3.05, 3.63) is 23.8 Å². The van der Waals surface area contributed by atoms with Crippen LogP contribution in [0.5, 0.6) is 0 Å². The van der Waals surface area contributed by atoms with E-state index in [0.29, 0.717) is 12.0 Å². The van der Waals surface area contributed by atoms with E-state index in [0.717, 1.165) is 0 Å². The standard InChI is InChI=1S/C28H38O11/c1-8-9-21(32)37-17-13-19(35-15(3)29)25(5)11-10-18(31)26(6,34)22(25)23(36-16(4)30)28-20(12-14(17)2)38-24(33)27(28,7)39-28/h10-12,17-20,22-23,31,34H,8-9,13H2,1-7H3/b14-12+/t17-,18-,19+,20+,22+,23+,25-,26+,27+,28+/m1/s1. The van der Waals surface area contributed by atoms with Crippen molar-refractivity contribution in [1.82, 2.24) is 0 Å². The minimum atomic E-state index is -1.95. The van der Waals surface area contributed by atoms with Gasteiger partial charge in [0.05, 0.1) is 5.60 Å². The largest absolute Gasteiger partial charge is 0.461 e. The molecule has 0 radical (unpaired) electrons. The molecule has 216 valence electrons. The molecule has 0 amide bonds. The molecule has 1 spiro atoms. The van der Waals surface area contributed by atoms with Gasteiger partial charge in [0, 0.05) is 38.0 Å². The van der Waals surface area contributed by atoms with Crippen LogP contribution in [0.2, 0.25) is 0 Å². The fourth-order valence-corrected chi connectivity index (χ4v) is 6.66. The molecule has 2 heterocycles. The van der Waals surface area contributed by atoms with Gasteiger partial charge in [-0.15, -0.1) is 0 Å². The maximum atomic E-state index is 13.1. The third kappa shape index (κ3) is 4.48. The average Bonchev–Trinajstić information content (AvgIpc) is 3.40. The van der Waals surface area contributed by atoms with Crippen molar-refractivity contribution in [1.29, 1.82) is 0 Å². The first-order valence-corrected chi connectivity index (χ1v) is 13.3. The zero-order valence-corrected chi connectivity index (χ0v) is 23.4. The van der Waals surface area contributed by atoms with Crippen LogP contribution in [0, 0.1) is 11.3 Å². The second-order valence-electron chi connectivity index (χ2n) is 11.6. The van der Waals surface area contributed by atoms with E-state index >= 15 is 0 Å². The molecule has 2 aliphatic heterocycles. The summed E-state index contributed by atoms with van der Waals surface area (Å²) in [6.45, 7) is 10.6. The maximum Gasteiger partial charge on any atom is 0.342 e. The number of epoxide rings is 1. The number of aliphatic hydroxyl groups excluding tert-OH is 1. The van der Waals surface area contributed by atoms with Crippen LogP contribution in [0.25, 0.3) is 0 Å². The number of carbonyl (C=O) groups is 4. The fraction of sp³-hybridized carbons (Fsp3) is 0.714. The minimum absolute atomic E-state index is 0.0144. The first-order valence-electron chi connectivity index (χ1n) is 13.3. The Bertz CT molecular complexity index is 1120. The molecular formula is C28H38O11. The van der Waals surface area contributed by atoms with Crippen molar-refractivity contribution in [2.45, 2.75) is 115 Å². The summed E-state index contributed by atoms with van der Waals surface area (Å²) in [5.41, 5.74) is -5.84. The summed E-state index contributed by atoms with van der Waals surface area (Å²) in [5.74, 6) is -3.64. The van der Waals surface area contributed by atoms with Gasteiger partial charge >= 0.3 is 23.9 Å². The van der Waals surface area contributed by atoms with Crippen LogP contribution in [0.3, 0.4) is 0 Å². The van der Waals surface area contributed by atoms with Crippen LogP contribution in [-0.4, -0.2) is 81.4 Å². The molecule has 4 rings (SSSR count). The van der Waals surface area contributed by atoms with E-state index in [-0.39, 0.29) is 12.8 Å². The summed E-state index contributed by atoms with van der Waals surface area (Å²) in [4.78, 5) is 50.5. The fourth-order valence-electron chi connectivity index (χ4n) is 6.66. The van der Waals surface area contributed by atoms with E-state index in [9.17, 15) is 29.4 Å². The first kappa shape index (κ1) is 29.2. The minimum Gasteiger partial charge on any atom is -0.461 e.